The van der Waals surface area contributed by atoms with Gasteiger partial charge in [0.05, 0.1) is 35.6 Å². The van der Waals surface area contributed by atoms with Gasteiger partial charge in [0, 0.05) is 102 Å². The summed E-state index contributed by atoms with van der Waals surface area (Å²) >= 11 is 0. The molecule has 1 spiro atoms. The highest BCUT2D eigenvalue weighted by atomic mass is 16.3. The lowest BCUT2D eigenvalue weighted by Gasteiger charge is -2.56. The molecule has 3 aliphatic heterocycles. The molecule has 0 unspecified atom stereocenters. The number of likely N-dealkylation sites (tertiary alicyclic amines) is 1. The first kappa shape index (κ1) is 48.5. The Balaban J connectivity index is 0.711. The number of phenolic OH excluding ortho intramolecular Hbond substituents is 1. The lowest BCUT2D eigenvalue weighted by Crippen LogP contribution is -2.59. The minimum atomic E-state index is -0.845. The summed E-state index contributed by atoms with van der Waals surface area (Å²) in [5, 5.41) is 39.1. The Morgan fingerprint density at radius 3 is 2.17 bits per heavy atom. The van der Waals surface area contributed by atoms with Crippen LogP contribution in [0.3, 0.4) is 0 Å². The average molecular weight is 953 g/mol. The van der Waals surface area contributed by atoms with E-state index in [1.54, 1.807) is 12.1 Å². The molecule has 17 heteroatoms. The molecule has 0 bridgehead atoms. The van der Waals surface area contributed by atoms with E-state index in [2.05, 4.69) is 51.7 Å². The fourth-order valence-corrected chi connectivity index (χ4v) is 11.3. The van der Waals surface area contributed by atoms with E-state index >= 15 is 0 Å². The summed E-state index contributed by atoms with van der Waals surface area (Å²) in [5.41, 5.74) is 4.53. The molecule has 2 aliphatic carbocycles. The summed E-state index contributed by atoms with van der Waals surface area (Å²) in [7, 11) is 1.84. The number of aromatic hydroxyl groups is 1. The molecule has 9 rings (SSSR count). The molecular formula is C53H68N12O5. The third kappa shape index (κ3) is 10.5. The smallest absolute Gasteiger partial charge is 0.246 e. The Hall–Kier alpha value is -6.51. The summed E-state index contributed by atoms with van der Waals surface area (Å²) in [4.78, 5) is 62.2. The van der Waals surface area contributed by atoms with Crippen LogP contribution in [0.4, 0.5) is 23.1 Å². The quantitative estimate of drug-likeness (QED) is 0.127. The minimum absolute atomic E-state index is 0.0384. The van der Waals surface area contributed by atoms with Crippen molar-refractivity contribution in [3.8, 4) is 29.4 Å². The predicted molar refractivity (Wildman–Crippen MR) is 270 cm³/mol. The standard InChI is InChI=1S/C53H68N12O5/c1-6-35-11-13-36(14-12-35)31-55-49(69)44-27-40(66)34-65(44)50(70)46(52(2,3)4)58-48(68)37-15-17-53(18-16-37)29-38(30-53)61-19-21-62(22-20-61)39-32-56-51(57-33-39)64-25-23-63(24-26-64)43-28-42(59-60-47(43)54-5)41-9-7-8-10-45(41)67/h1,7-14,28,32-33,37-38,40,44,46,66-67H,15-27,29-31,34H2,2-5H3,(H,54,60)(H,55,69)(H,58,68)/t37?,38?,40-,44+,46-,53?/m1/s1. The molecule has 3 saturated heterocycles. The van der Waals surface area contributed by atoms with Gasteiger partial charge in [-0.25, -0.2) is 9.97 Å². The molecule has 3 atom stereocenters. The van der Waals surface area contributed by atoms with Crippen molar-refractivity contribution >= 4 is 40.9 Å². The average Bonchev–Trinajstić information content (AvgIpc) is 3.77. The first-order valence-corrected chi connectivity index (χ1v) is 25.0. The van der Waals surface area contributed by atoms with Crippen LogP contribution >= 0.6 is 0 Å². The number of hydrogen-bond acceptors (Lipinski definition) is 14. The third-order valence-corrected chi connectivity index (χ3v) is 15.5. The van der Waals surface area contributed by atoms with Crippen LogP contribution in [0.25, 0.3) is 11.3 Å². The molecule has 17 nitrogen and oxygen atoms in total. The number of para-hydroxylation sites is 1. The van der Waals surface area contributed by atoms with Crippen LogP contribution in [0.1, 0.15) is 76.8 Å². The molecule has 2 aromatic carbocycles. The highest BCUT2D eigenvalue weighted by molar-refractivity contribution is 5.93. The minimum Gasteiger partial charge on any atom is -0.507 e. The lowest BCUT2D eigenvalue weighted by molar-refractivity contribution is -0.145. The first-order chi connectivity index (χ1) is 33.7. The third-order valence-electron chi connectivity index (χ3n) is 15.5. The number of aliphatic hydroxyl groups excluding tert-OH is 1. The SMILES string of the molecule is C#Cc1ccc(CNC(=O)[C@@H]2C[C@@H](O)CN2C(=O)[C@@H](NC(=O)C2CCC3(CC2)CC(N2CCN(c4cnc(N5CCN(c6cc(-c7ccccc7O)nnc6NC)CC5)nc4)CC2)C3)C(C)(C)C)cc1. The molecule has 370 valence electrons. The van der Waals surface area contributed by atoms with Crippen molar-refractivity contribution in [1.82, 2.24) is 40.6 Å². The largest absolute Gasteiger partial charge is 0.507 e. The molecule has 5 heterocycles. The number of β-amino-alcohol motifs (C(OH)–C–C–N with tert-alkyl or cyclic N) is 1. The number of amides is 3. The molecule has 0 radical (unpaired) electrons. The Morgan fingerprint density at radius 2 is 1.53 bits per heavy atom. The van der Waals surface area contributed by atoms with Crippen LogP contribution in [-0.4, -0.2) is 148 Å². The van der Waals surface area contributed by atoms with Crippen LogP contribution < -0.4 is 30.7 Å². The molecule has 5 N–H and O–H groups in total. The van der Waals surface area contributed by atoms with Crippen molar-refractivity contribution < 1.29 is 24.6 Å². The number of carbonyl (C=O) groups excluding carboxylic acids is 3. The van der Waals surface area contributed by atoms with Gasteiger partial charge in [-0.2, -0.15) is 0 Å². The highest BCUT2D eigenvalue weighted by Gasteiger charge is 2.50. The number of aliphatic hydroxyl groups is 1. The molecule has 2 saturated carbocycles. The Morgan fingerprint density at radius 1 is 0.871 bits per heavy atom. The summed E-state index contributed by atoms with van der Waals surface area (Å²) in [6.45, 7) is 12.9. The molecule has 4 aromatic rings. The summed E-state index contributed by atoms with van der Waals surface area (Å²) in [5.74, 6) is 3.23. The maximum absolute atomic E-state index is 14.2. The Kier molecular flexibility index (Phi) is 14.2. The van der Waals surface area contributed by atoms with Gasteiger partial charge in [-0.05, 0) is 85.3 Å². The number of aromatic nitrogens is 4. The van der Waals surface area contributed by atoms with Crippen LogP contribution in [-0.2, 0) is 20.9 Å². The second-order valence-corrected chi connectivity index (χ2v) is 21.1. The Labute approximate surface area is 411 Å². The van der Waals surface area contributed by atoms with Crippen LogP contribution in [0.5, 0.6) is 5.75 Å². The molecule has 3 amide bonds. The van der Waals surface area contributed by atoms with E-state index in [1.165, 1.54) is 4.90 Å². The summed E-state index contributed by atoms with van der Waals surface area (Å²) in [6.07, 6.45) is 14.6. The number of nitrogens with zero attached hydrogens (tertiary/aromatic N) is 9. The maximum atomic E-state index is 14.2. The van der Waals surface area contributed by atoms with Gasteiger partial charge in [0.2, 0.25) is 23.7 Å². The van der Waals surface area contributed by atoms with Gasteiger partial charge in [0.25, 0.3) is 0 Å². The first-order valence-electron chi connectivity index (χ1n) is 25.0. The van der Waals surface area contributed by atoms with Gasteiger partial charge >= 0.3 is 0 Å². The molecular weight excluding hydrogens is 885 g/mol. The van der Waals surface area contributed by atoms with Crippen molar-refractivity contribution in [3.05, 3.63) is 78.1 Å². The number of benzene rings is 2. The summed E-state index contributed by atoms with van der Waals surface area (Å²) < 4.78 is 0. The number of rotatable bonds is 12. The van der Waals surface area contributed by atoms with Gasteiger partial charge in [0.1, 0.15) is 17.8 Å². The predicted octanol–water partition coefficient (Wildman–Crippen LogP) is 4.26. The van der Waals surface area contributed by atoms with E-state index in [9.17, 15) is 24.6 Å². The van der Waals surface area contributed by atoms with Gasteiger partial charge in [0.15, 0.2) is 5.82 Å². The number of anilines is 4. The summed E-state index contributed by atoms with van der Waals surface area (Å²) in [6, 6.07) is 15.4. The second-order valence-electron chi connectivity index (χ2n) is 21.1. The number of terminal acetylenes is 1. The zero-order valence-corrected chi connectivity index (χ0v) is 41.0. The maximum Gasteiger partial charge on any atom is 0.246 e. The topological polar surface area (TPSA) is 196 Å². The monoisotopic (exact) mass is 953 g/mol. The fraction of sp³-hybridized carbons (Fsp3) is 0.528. The number of carbonyl (C=O) groups is 3. The molecule has 5 aliphatic rings. The van der Waals surface area contributed by atoms with Crippen molar-refractivity contribution in [2.45, 2.75) is 96.5 Å². The van der Waals surface area contributed by atoms with E-state index in [0.29, 0.717) is 23.1 Å². The zero-order valence-electron chi connectivity index (χ0n) is 41.0. The highest BCUT2D eigenvalue weighted by Crippen LogP contribution is 2.54. The molecule has 2 aromatic heterocycles. The van der Waals surface area contributed by atoms with Gasteiger partial charge < -0.3 is 45.8 Å². The van der Waals surface area contributed by atoms with Crippen molar-refractivity contribution in [1.29, 1.82) is 0 Å². The van der Waals surface area contributed by atoms with Gasteiger partial charge in [-0.3, -0.25) is 19.3 Å². The molecule has 5 fully saturated rings. The lowest BCUT2D eigenvalue weighted by atomic mass is 9.56. The van der Waals surface area contributed by atoms with E-state index in [0.717, 1.165) is 119 Å². The number of piperazine rings is 2. The van der Waals surface area contributed by atoms with Crippen LogP contribution in [0, 0.1) is 29.1 Å². The van der Waals surface area contributed by atoms with E-state index in [1.807, 2.05) is 82.7 Å². The van der Waals surface area contributed by atoms with Gasteiger partial charge in [-0.1, -0.05) is 51.0 Å². The van der Waals surface area contributed by atoms with Crippen molar-refractivity contribution in [2.24, 2.45) is 16.7 Å². The van der Waals surface area contributed by atoms with Crippen molar-refractivity contribution in [3.63, 3.8) is 0 Å². The number of hydrogen-bond donors (Lipinski definition) is 5. The normalized spacial score (nSPS) is 24.4. The number of phenols is 1. The van der Waals surface area contributed by atoms with Crippen molar-refractivity contribution in [2.75, 3.05) is 86.0 Å². The fourth-order valence-electron chi connectivity index (χ4n) is 11.3. The molecule has 70 heavy (non-hydrogen) atoms. The van der Waals surface area contributed by atoms with Gasteiger partial charge in [-0.15, -0.1) is 16.6 Å². The van der Waals surface area contributed by atoms with E-state index in [4.69, 9.17) is 16.4 Å². The van der Waals surface area contributed by atoms with E-state index in [-0.39, 0.29) is 54.3 Å². The van der Waals surface area contributed by atoms with Crippen LogP contribution in [0.15, 0.2) is 67.0 Å². The van der Waals surface area contributed by atoms with E-state index < -0.39 is 23.6 Å². The zero-order chi connectivity index (χ0) is 49.2. The second kappa shape index (κ2) is 20.4. The number of nitrogens with one attached hydrogen (secondary N) is 3. The Bertz CT molecular complexity index is 2530. The van der Waals surface area contributed by atoms with Crippen LogP contribution in [0.2, 0.25) is 0 Å².